The molecule has 0 atom stereocenters. The third-order valence-electron chi connectivity index (χ3n) is 2.57. The fourth-order valence-electron chi connectivity index (χ4n) is 1.81. The van der Waals surface area contributed by atoms with Crippen molar-refractivity contribution >= 4 is 21.6 Å². The molecule has 0 aliphatic rings. The SMILES string of the molecule is CC(C)Oc1cc(N)cc(OCc2cccc(Br)c2)c1. The fraction of sp³-hybridized carbons (Fsp3) is 0.250. The second kappa shape index (κ2) is 6.66. The van der Waals surface area contributed by atoms with Crippen LogP contribution in [0.15, 0.2) is 46.9 Å². The van der Waals surface area contributed by atoms with Crippen molar-refractivity contribution in [3.8, 4) is 11.5 Å². The first-order valence-corrected chi connectivity index (χ1v) is 7.26. The molecule has 2 rings (SSSR count). The molecule has 2 N–H and O–H groups in total. The summed E-state index contributed by atoms with van der Waals surface area (Å²) in [5, 5.41) is 0. The van der Waals surface area contributed by atoms with E-state index in [2.05, 4.69) is 15.9 Å². The summed E-state index contributed by atoms with van der Waals surface area (Å²) in [5.74, 6) is 1.44. The fourth-order valence-corrected chi connectivity index (χ4v) is 2.26. The van der Waals surface area contributed by atoms with Crippen LogP contribution in [0.2, 0.25) is 0 Å². The van der Waals surface area contributed by atoms with Gasteiger partial charge in [-0.15, -0.1) is 0 Å². The molecular weight excluding hydrogens is 318 g/mol. The minimum atomic E-state index is 0.106. The van der Waals surface area contributed by atoms with Gasteiger partial charge in [0.15, 0.2) is 0 Å². The Bertz CT molecular complexity index is 584. The molecular formula is C16H18BrNO2. The first kappa shape index (κ1) is 14.7. The second-order valence-electron chi connectivity index (χ2n) is 4.82. The highest BCUT2D eigenvalue weighted by Gasteiger charge is 2.04. The standard InChI is InChI=1S/C16H18BrNO2/c1-11(2)20-16-8-14(18)7-15(9-16)19-10-12-4-3-5-13(17)6-12/h3-9,11H,10,18H2,1-2H3. The molecule has 0 spiro atoms. The van der Waals surface area contributed by atoms with Crippen molar-refractivity contribution in [2.24, 2.45) is 0 Å². The van der Waals surface area contributed by atoms with Gasteiger partial charge in [-0.2, -0.15) is 0 Å². The predicted molar refractivity (Wildman–Crippen MR) is 85.1 cm³/mol. The van der Waals surface area contributed by atoms with Crippen molar-refractivity contribution in [3.05, 3.63) is 52.5 Å². The first-order valence-electron chi connectivity index (χ1n) is 6.47. The second-order valence-corrected chi connectivity index (χ2v) is 5.74. The van der Waals surface area contributed by atoms with E-state index in [1.54, 1.807) is 12.1 Å². The first-order chi connectivity index (χ1) is 9.52. The molecule has 3 nitrogen and oxygen atoms in total. The number of nitrogens with two attached hydrogens (primary N) is 1. The maximum Gasteiger partial charge on any atom is 0.125 e. The van der Waals surface area contributed by atoms with Crippen molar-refractivity contribution in [1.29, 1.82) is 0 Å². The van der Waals surface area contributed by atoms with Crippen LogP contribution in [0.3, 0.4) is 0 Å². The number of nitrogen functional groups attached to an aromatic ring is 1. The Hall–Kier alpha value is -1.68. The molecule has 0 unspecified atom stereocenters. The Labute approximate surface area is 127 Å². The van der Waals surface area contributed by atoms with Gasteiger partial charge in [-0.3, -0.25) is 0 Å². The monoisotopic (exact) mass is 335 g/mol. The smallest absolute Gasteiger partial charge is 0.125 e. The van der Waals surface area contributed by atoms with Crippen LogP contribution in [0.1, 0.15) is 19.4 Å². The molecule has 20 heavy (non-hydrogen) atoms. The Balaban J connectivity index is 2.07. The lowest BCUT2D eigenvalue weighted by Gasteiger charge is -2.13. The Morgan fingerprint density at radius 1 is 1.10 bits per heavy atom. The van der Waals surface area contributed by atoms with Crippen LogP contribution in [-0.4, -0.2) is 6.10 Å². The van der Waals surface area contributed by atoms with Crippen LogP contribution in [0.25, 0.3) is 0 Å². The molecule has 0 amide bonds. The van der Waals surface area contributed by atoms with Gasteiger partial charge in [-0.25, -0.2) is 0 Å². The molecule has 0 saturated carbocycles. The molecule has 0 aliphatic heterocycles. The van der Waals surface area contributed by atoms with E-state index in [1.165, 1.54) is 0 Å². The maximum absolute atomic E-state index is 5.86. The molecule has 2 aromatic carbocycles. The highest BCUT2D eigenvalue weighted by Crippen LogP contribution is 2.26. The Morgan fingerprint density at radius 2 is 1.85 bits per heavy atom. The molecule has 0 aliphatic carbocycles. The van der Waals surface area contributed by atoms with Gasteiger partial charge in [0, 0.05) is 28.4 Å². The number of benzene rings is 2. The van der Waals surface area contributed by atoms with Crippen LogP contribution in [-0.2, 0) is 6.61 Å². The number of ether oxygens (including phenoxy) is 2. The highest BCUT2D eigenvalue weighted by atomic mass is 79.9. The molecule has 106 valence electrons. The third-order valence-corrected chi connectivity index (χ3v) is 3.06. The largest absolute Gasteiger partial charge is 0.491 e. The summed E-state index contributed by atoms with van der Waals surface area (Å²) in [7, 11) is 0. The summed E-state index contributed by atoms with van der Waals surface area (Å²) < 4.78 is 12.4. The molecule has 0 saturated heterocycles. The van der Waals surface area contributed by atoms with Gasteiger partial charge in [0.1, 0.15) is 18.1 Å². The summed E-state index contributed by atoms with van der Waals surface area (Å²) in [6.45, 7) is 4.44. The summed E-state index contributed by atoms with van der Waals surface area (Å²) in [6.07, 6.45) is 0.106. The zero-order chi connectivity index (χ0) is 14.5. The van der Waals surface area contributed by atoms with Gasteiger partial charge in [0.2, 0.25) is 0 Å². The number of hydrogen-bond donors (Lipinski definition) is 1. The zero-order valence-electron chi connectivity index (χ0n) is 11.6. The number of halogens is 1. The molecule has 4 heteroatoms. The summed E-state index contributed by atoms with van der Waals surface area (Å²) in [4.78, 5) is 0. The van der Waals surface area contributed by atoms with Crippen LogP contribution >= 0.6 is 15.9 Å². The molecule has 0 aromatic heterocycles. The molecule has 0 heterocycles. The summed E-state index contributed by atoms with van der Waals surface area (Å²) >= 11 is 3.44. The number of rotatable bonds is 5. The summed E-state index contributed by atoms with van der Waals surface area (Å²) in [6, 6.07) is 13.5. The van der Waals surface area contributed by atoms with Crippen LogP contribution in [0.4, 0.5) is 5.69 Å². The van der Waals surface area contributed by atoms with Gasteiger partial charge in [-0.1, -0.05) is 28.1 Å². The molecule has 0 radical (unpaired) electrons. The molecule has 0 bridgehead atoms. The average molecular weight is 336 g/mol. The topological polar surface area (TPSA) is 44.5 Å². The van der Waals surface area contributed by atoms with Crippen LogP contribution in [0.5, 0.6) is 11.5 Å². The van der Waals surface area contributed by atoms with Crippen molar-refractivity contribution in [2.75, 3.05) is 5.73 Å². The number of hydrogen-bond acceptors (Lipinski definition) is 3. The van der Waals surface area contributed by atoms with Gasteiger partial charge in [0.05, 0.1) is 6.10 Å². The van der Waals surface area contributed by atoms with Gasteiger partial charge < -0.3 is 15.2 Å². The van der Waals surface area contributed by atoms with E-state index in [1.807, 2.05) is 44.2 Å². The lowest BCUT2D eigenvalue weighted by Crippen LogP contribution is -2.06. The van der Waals surface area contributed by atoms with E-state index < -0.39 is 0 Å². The van der Waals surface area contributed by atoms with Crippen LogP contribution in [0, 0.1) is 0 Å². The van der Waals surface area contributed by atoms with Crippen molar-refractivity contribution < 1.29 is 9.47 Å². The minimum Gasteiger partial charge on any atom is -0.491 e. The van der Waals surface area contributed by atoms with Gasteiger partial charge in [-0.05, 0) is 31.5 Å². The quantitative estimate of drug-likeness (QED) is 0.823. The zero-order valence-corrected chi connectivity index (χ0v) is 13.2. The molecule has 0 fully saturated rings. The van der Waals surface area contributed by atoms with E-state index in [0.29, 0.717) is 18.0 Å². The Morgan fingerprint density at radius 3 is 2.55 bits per heavy atom. The van der Waals surface area contributed by atoms with Crippen molar-refractivity contribution in [3.63, 3.8) is 0 Å². The van der Waals surface area contributed by atoms with Gasteiger partial charge >= 0.3 is 0 Å². The van der Waals surface area contributed by atoms with E-state index in [0.717, 1.165) is 15.8 Å². The molecule has 2 aromatic rings. The maximum atomic E-state index is 5.86. The summed E-state index contributed by atoms with van der Waals surface area (Å²) in [5.41, 5.74) is 7.58. The predicted octanol–water partition coefficient (Wildman–Crippen LogP) is 4.40. The van der Waals surface area contributed by atoms with E-state index in [9.17, 15) is 0 Å². The van der Waals surface area contributed by atoms with Crippen molar-refractivity contribution in [2.45, 2.75) is 26.6 Å². The third kappa shape index (κ3) is 4.46. The highest BCUT2D eigenvalue weighted by molar-refractivity contribution is 9.10. The Kier molecular flexibility index (Phi) is 4.90. The van der Waals surface area contributed by atoms with Crippen molar-refractivity contribution in [1.82, 2.24) is 0 Å². The minimum absolute atomic E-state index is 0.106. The lowest BCUT2D eigenvalue weighted by atomic mass is 10.2. The average Bonchev–Trinajstić information content (AvgIpc) is 2.35. The van der Waals surface area contributed by atoms with E-state index >= 15 is 0 Å². The van der Waals surface area contributed by atoms with E-state index in [4.69, 9.17) is 15.2 Å². The lowest BCUT2D eigenvalue weighted by molar-refractivity contribution is 0.239. The van der Waals surface area contributed by atoms with Gasteiger partial charge in [0.25, 0.3) is 0 Å². The van der Waals surface area contributed by atoms with Crippen LogP contribution < -0.4 is 15.2 Å². The normalized spacial score (nSPS) is 10.6. The number of anilines is 1. The van der Waals surface area contributed by atoms with E-state index in [-0.39, 0.29) is 6.10 Å².